The van der Waals surface area contributed by atoms with E-state index in [1.54, 1.807) is 12.1 Å². The number of carbonyl (C=O) groups excluding carboxylic acids is 1. The molecule has 1 aliphatic heterocycles. The molecule has 0 bridgehead atoms. The van der Waals surface area contributed by atoms with Crippen LogP contribution in [-0.2, 0) is 27.6 Å². The van der Waals surface area contributed by atoms with Crippen molar-refractivity contribution in [2.75, 3.05) is 38.7 Å². The summed E-state index contributed by atoms with van der Waals surface area (Å²) in [5.74, 6) is -0.0414. The van der Waals surface area contributed by atoms with E-state index < -0.39 is 10.0 Å². The van der Waals surface area contributed by atoms with Gasteiger partial charge in [0.2, 0.25) is 10.0 Å². The number of morpholine rings is 1. The van der Waals surface area contributed by atoms with E-state index >= 15 is 0 Å². The predicted octanol–water partition coefficient (Wildman–Crippen LogP) is 3.22. The van der Waals surface area contributed by atoms with Crippen molar-refractivity contribution in [1.29, 1.82) is 0 Å². The molecule has 0 unspecified atom stereocenters. The molecule has 1 saturated heterocycles. The highest BCUT2D eigenvalue weighted by Crippen LogP contribution is 2.34. The van der Waals surface area contributed by atoms with Gasteiger partial charge in [-0.2, -0.15) is 4.31 Å². The molecule has 0 spiro atoms. The van der Waals surface area contributed by atoms with Gasteiger partial charge in [-0.05, 0) is 59.0 Å². The van der Waals surface area contributed by atoms with E-state index in [1.165, 1.54) is 28.6 Å². The van der Waals surface area contributed by atoms with Gasteiger partial charge in [0.05, 0.1) is 20.3 Å². The van der Waals surface area contributed by atoms with E-state index in [9.17, 15) is 13.2 Å². The number of sulfonamides is 1. The molecular formula is C24H24N2O5S. The van der Waals surface area contributed by atoms with E-state index in [-0.39, 0.29) is 29.6 Å². The number of methoxy groups -OCH3 is 1. The molecule has 1 fully saturated rings. The summed E-state index contributed by atoms with van der Waals surface area (Å²) < 4.78 is 38.4. The molecule has 2 aliphatic rings. The summed E-state index contributed by atoms with van der Waals surface area (Å²) in [6.07, 6.45) is 1.97. The van der Waals surface area contributed by atoms with Crippen molar-refractivity contribution in [3.8, 4) is 5.75 Å². The number of carbonyl (C=O) groups is 1. The average molecular weight is 453 g/mol. The summed E-state index contributed by atoms with van der Waals surface area (Å²) in [7, 11) is -2.36. The number of anilines is 1. The lowest BCUT2D eigenvalue weighted by Crippen LogP contribution is -2.40. The molecule has 1 amide bonds. The number of amides is 1. The van der Waals surface area contributed by atoms with Crippen LogP contribution in [0, 0.1) is 0 Å². The third-order valence-electron chi connectivity index (χ3n) is 6.13. The zero-order chi connectivity index (χ0) is 22.3. The summed E-state index contributed by atoms with van der Waals surface area (Å²) in [5, 5.41) is 4.95. The smallest absolute Gasteiger partial charge is 0.256 e. The molecule has 0 atom stereocenters. The maximum Gasteiger partial charge on any atom is 0.256 e. The van der Waals surface area contributed by atoms with Crippen LogP contribution in [0.3, 0.4) is 0 Å². The van der Waals surface area contributed by atoms with Crippen molar-refractivity contribution in [2.24, 2.45) is 0 Å². The SMILES string of the molecule is COc1ccc(NC(=O)c2ccc3c4c(cccc24)CC3)cc1S(=O)(=O)N1CCOCC1. The van der Waals surface area contributed by atoms with E-state index in [0.29, 0.717) is 24.5 Å². The third-order valence-corrected chi connectivity index (χ3v) is 8.05. The second kappa shape index (κ2) is 8.20. The average Bonchev–Trinajstić information content (AvgIpc) is 3.24. The van der Waals surface area contributed by atoms with Gasteiger partial charge >= 0.3 is 0 Å². The van der Waals surface area contributed by atoms with E-state index in [1.807, 2.05) is 24.3 Å². The van der Waals surface area contributed by atoms with Crippen LogP contribution in [0.5, 0.6) is 5.75 Å². The molecular weight excluding hydrogens is 428 g/mol. The highest BCUT2D eigenvalue weighted by molar-refractivity contribution is 7.89. The minimum Gasteiger partial charge on any atom is -0.495 e. The van der Waals surface area contributed by atoms with Crippen molar-refractivity contribution in [3.63, 3.8) is 0 Å². The molecule has 166 valence electrons. The molecule has 1 heterocycles. The monoisotopic (exact) mass is 452 g/mol. The van der Waals surface area contributed by atoms with E-state index in [0.717, 1.165) is 23.6 Å². The number of rotatable bonds is 5. The van der Waals surface area contributed by atoms with E-state index in [4.69, 9.17) is 9.47 Å². The number of benzene rings is 3. The lowest BCUT2D eigenvalue weighted by molar-refractivity contribution is 0.0729. The third kappa shape index (κ3) is 3.54. The van der Waals surface area contributed by atoms with Crippen molar-refractivity contribution >= 4 is 32.4 Å². The van der Waals surface area contributed by atoms with Gasteiger partial charge in [0.1, 0.15) is 10.6 Å². The molecule has 32 heavy (non-hydrogen) atoms. The summed E-state index contributed by atoms with van der Waals surface area (Å²) in [6.45, 7) is 1.26. The maximum absolute atomic E-state index is 13.2. The van der Waals surface area contributed by atoms with Gasteiger partial charge in [0.15, 0.2) is 0 Å². The fourth-order valence-corrected chi connectivity index (χ4v) is 6.11. The van der Waals surface area contributed by atoms with Crippen LogP contribution in [-0.4, -0.2) is 52.0 Å². The van der Waals surface area contributed by atoms with Crippen LogP contribution in [0.4, 0.5) is 5.69 Å². The Bertz CT molecular complexity index is 1300. The first-order valence-corrected chi connectivity index (χ1v) is 12.0. The lowest BCUT2D eigenvalue weighted by Gasteiger charge is -2.26. The van der Waals surface area contributed by atoms with Crippen LogP contribution in [0.1, 0.15) is 21.5 Å². The molecule has 8 heteroatoms. The highest BCUT2D eigenvalue weighted by atomic mass is 32.2. The summed E-state index contributed by atoms with van der Waals surface area (Å²) in [4.78, 5) is 13.2. The summed E-state index contributed by atoms with van der Waals surface area (Å²) >= 11 is 0. The first-order valence-electron chi connectivity index (χ1n) is 10.6. The van der Waals surface area contributed by atoms with Gasteiger partial charge in [0.25, 0.3) is 5.91 Å². The molecule has 7 nitrogen and oxygen atoms in total. The second-order valence-electron chi connectivity index (χ2n) is 7.95. The van der Waals surface area contributed by atoms with Crippen LogP contribution in [0.25, 0.3) is 10.8 Å². The summed E-state index contributed by atoms with van der Waals surface area (Å²) in [5.41, 5.74) is 3.48. The predicted molar refractivity (Wildman–Crippen MR) is 122 cm³/mol. The van der Waals surface area contributed by atoms with Gasteiger partial charge < -0.3 is 14.8 Å². The van der Waals surface area contributed by atoms with Crippen molar-refractivity contribution in [2.45, 2.75) is 17.7 Å². The Morgan fingerprint density at radius 3 is 2.53 bits per heavy atom. The number of aryl methyl sites for hydroxylation is 2. The number of ether oxygens (including phenoxy) is 2. The Kier molecular flexibility index (Phi) is 5.36. The zero-order valence-corrected chi connectivity index (χ0v) is 18.6. The Labute approximate surface area is 187 Å². The molecule has 1 aliphatic carbocycles. The molecule has 1 N–H and O–H groups in total. The van der Waals surface area contributed by atoms with Crippen molar-refractivity contribution in [1.82, 2.24) is 4.31 Å². The molecule has 0 aromatic heterocycles. The fraction of sp³-hybridized carbons (Fsp3) is 0.292. The molecule has 5 rings (SSSR count). The molecule has 0 radical (unpaired) electrons. The number of nitrogens with one attached hydrogen (secondary N) is 1. The van der Waals surface area contributed by atoms with Crippen LogP contribution >= 0.6 is 0 Å². The van der Waals surface area contributed by atoms with Gasteiger partial charge in [-0.15, -0.1) is 0 Å². The normalized spacial score (nSPS) is 16.3. The van der Waals surface area contributed by atoms with Gasteiger partial charge in [-0.3, -0.25) is 4.79 Å². The minimum absolute atomic E-state index is 0.0279. The largest absolute Gasteiger partial charge is 0.495 e. The summed E-state index contributed by atoms with van der Waals surface area (Å²) in [6, 6.07) is 14.6. The first-order chi connectivity index (χ1) is 15.5. The van der Waals surface area contributed by atoms with Crippen LogP contribution in [0.2, 0.25) is 0 Å². The molecule has 0 saturated carbocycles. The highest BCUT2D eigenvalue weighted by Gasteiger charge is 2.30. The Balaban J connectivity index is 1.49. The quantitative estimate of drug-likeness (QED) is 0.643. The lowest BCUT2D eigenvalue weighted by atomic mass is 9.99. The Morgan fingerprint density at radius 2 is 1.78 bits per heavy atom. The standard InChI is InChI=1S/C24H24N2O5S/c1-30-21-10-8-18(15-22(21)32(28,29)26-11-13-31-14-12-26)25-24(27)20-9-7-17-6-5-16-3-2-4-19(20)23(16)17/h2-4,7-10,15H,5-6,11-14H2,1H3,(H,25,27). The van der Waals surface area contributed by atoms with Crippen molar-refractivity contribution < 1.29 is 22.7 Å². The Hall–Kier alpha value is -2.94. The maximum atomic E-state index is 13.2. The Morgan fingerprint density at radius 1 is 1.03 bits per heavy atom. The molecule has 3 aromatic carbocycles. The van der Waals surface area contributed by atoms with Gasteiger partial charge in [-0.1, -0.05) is 24.3 Å². The van der Waals surface area contributed by atoms with Crippen LogP contribution in [0.15, 0.2) is 53.4 Å². The zero-order valence-electron chi connectivity index (χ0n) is 17.8. The number of nitrogens with zero attached hydrogens (tertiary/aromatic N) is 1. The number of hydrogen-bond acceptors (Lipinski definition) is 5. The van der Waals surface area contributed by atoms with Crippen LogP contribution < -0.4 is 10.1 Å². The first kappa shape index (κ1) is 20.9. The second-order valence-corrected chi connectivity index (χ2v) is 9.85. The topological polar surface area (TPSA) is 84.9 Å². The number of hydrogen-bond donors (Lipinski definition) is 1. The van der Waals surface area contributed by atoms with Gasteiger partial charge in [-0.25, -0.2) is 8.42 Å². The van der Waals surface area contributed by atoms with Gasteiger partial charge in [0, 0.05) is 24.3 Å². The fourth-order valence-electron chi connectivity index (χ4n) is 4.53. The van der Waals surface area contributed by atoms with Crippen molar-refractivity contribution in [3.05, 3.63) is 65.2 Å². The minimum atomic E-state index is -3.79. The molecule has 3 aromatic rings. The van der Waals surface area contributed by atoms with E-state index in [2.05, 4.69) is 11.4 Å².